The zero-order valence-electron chi connectivity index (χ0n) is 16.1. The number of nitrogens with two attached hydrogens (primary N) is 2. The number of nitrogens with zero attached hydrogens (tertiary/aromatic N) is 3. The Morgan fingerprint density at radius 2 is 1.77 bits per heavy atom. The molecule has 0 radical (unpaired) electrons. The minimum atomic E-state index is -0.486. The molecule has 0 atom stereocenters. The van der Waals surface area contributed by atoms with Gasteiger partial charge in [0.05, 0.1) is 18.3 Å². The number of nitriles is 1. The molecular formula is C22H18N6O2. The summed E-state index contributed by atoms with van der Waals surface area (Å²) in [5, 5.41) is 18.1. The summed E-state index contributed by atoms with van der Waals surface area (Å²) >= 11 is 0. The molecule has 0 aliphatic carbocycles. The van der Waals surface area contributed by atoms with Gasteiger partial charge in [-0.15, -0.1) is 0 Å². The van der Waals surface area contributed by atoms with Crippen molar-refractivity contribution < 1.29 is 9.53 Å². The molecule has 8 nitrogen and oxygen atoms in total. The molecule has 8 heteroatoms. The monoisotopic (exact) mass is 398 g/mol. The number of hydrogen-bond acceptors (Lipinski definition) is 6. The first-order valence-corrected chi connectivity index (χ1v) is 9.02. The van der Waals surface area contributed by atoms with Crippen LogP contribution in [0.1, 0.15) is 15.9 Å². The second-order valence-corrected chi connectivity index (χ2v) is 6.60. The van der Waals surface area contributed by atoms with Crippen LogP contribution in [0.15, 0.2) is 60.7 Å². The number of carbonyl (C=O) groups is 1. The molecule has 0 unspecified atom stereocenters. The average molecular weight is 398 g/mol. The Bertz CT molecular complexity index is 1380. The van der Waals surface area contributed by atoms with Crippen molar-refractivity contribution in [1.29, 1.82) is 10.7 Å². The van der Waals surface area contributed by atoms with E-state index in [9.17, 15) is 10.1 Å². The fourth-order valence-corrected chi connectivity index (χ4v) is 3.39. The van der Waals surface area contributed by atoms with Gasteiger partial charge in [-0.2, -0.15) is 9.94 Å². The lowest BCUT2D eigenvalue weighted by atomic mass is 10.0. The molecule has 0 amide bonds. The van der Waals surface area contributed by atoms with E-state index >= 15 is 0 Å². The number of ether oxygens (including phenoxy) is 1. The number of nitrogen functional groups attached to an aromatic ring is 2. The van der Waals surface area contributed by atoms with E-state index in [-0.39, 0.29) is 22.6 Å². The maximum Gasteiger partial charge on any atom is 0.278 e. The summed E-state index contributed by atoms with van der Waals surface area (Å²) in [4.78, 5) is 13.1. The van der Waals surface area contributed by atoms with E-state index in [4.69, 9.17) is 21.6 Å². The van der Waals surface area contributed by atoms with E-state index in [1.54, 1.807) is 55.6 Å². The lowest BCUT2D eigenvalue weighted by Crippen LogP contribution is -2.29. The quantitative estimate of drug-likeness (QED) is 0.487. The molecule has 0 saturated heterocycles. The third-order valence-corrected chi connectivity index (χ3v) is 4.93. The highest BCUT2D eigenvalue weighted by molar-refractivity contribution is 5.97. The number of anilines is 2. The molecule has 2 aromatic heterocycles. The largest absolute Gasteiger partial charge is 0.497 e. The summed E-state index contributed by atoms with van der Waals surface area (Å²) in [6.07, 6.45) is 0. The van der Waals surface area contributed by atoms with E-state index in [1.165, 1.54) is 4.52 Å². The summed E-state index contributed by atoms with van der Waals surface area (Å²) in [7, 11) is 1.57. The van der Waals surface area contributed by atoms with Gasteiger partial charge in [0.2, 0.25) is 0 Å². The molecule has 0 spiro atoms. The minimum absolute atomic E-state index is 0.0285. The molecule has 0 aliphatic rings. The van der Waals surface area contributed by atoms with Crippen LogP contribution in [0.3, 0.4) is 0 Å². The molecule has 0 bridgehead atoms. The van der Waals surface area contributed by atoms with E-state index in [1.807, 2.05) is 18.2 Å². The van der Waals surface area contributed by atoms with Crippen LogP contribution in [0, 0.1) is 16.7 Å². The highest BCUT2D eigenvalue weighted by atomic mass is 16.5. The lowest BCUT2D eigenvalue weighted by molar-refractivity contribution is 0.0935. The Morgan fingerprint density at radius 3 is 2.37 bits per heavy atom. The highest BCUT2D eigenvalue weighted by Gasteiger charge is 2.23. The molecular weight excluding hydrogens is 380 g/mol. The summed E-state index contributed by atoms with van der Waals surface area (Å²) in [6.45, 7) is 0. The number of carbonyl (C=O) groups excluding carboxylic acids is 1. The number of benzene rings is 2. The van der Waals surface area contributed by atoms with E-state index < -0.39 is 5.91 Å². The molecule has 30 heavy (non-hydrogen) atoms. The smallest absolute Gasteiger partial charge is 0.278 e. The predicted octanol–water partition coefficient (Wildman–Crippen LogP) is 2.62. The van der Waals surface area contributed by atoms with Crippen LogP contribution in [0.4, 0.5) is 11.5 Å². The maximum atomic E-state index is 13.1. The van der Waals surface area contributed by atoms with Gasteiger partial charge < -0.3 is 16.2 Å². The van der Waals surface area contributed by atoms with Crippen LogP contribution in [-0.4, -0.2) is 22.2 Å². The second kappa shape index (κ2) is 7.14. The number of methoxy groups -OCH3 is 1. The van der Waals surface area contributed by atoms with Crippen molar-refractivity contribution >= 4 is 22.9 Å². The first-order chi connectivity index (χ1) is 14.5. The first kappa shape index (κ1) is 18.8. The van der Waals surface area contributed by atoms with Gasteiger partial charge >= 0.3 is 0 Å². The van der Waals surface area contributed by atoms with Crippen LogP contribution >= 0.6 is 0 Å². The summed E-state index contributed by atoms with van der Waals surface area (Å²) in [6, 6.07) is 19.4. The fraction of sp³-hybridized carbons (Fsp3) is 0.0455. The Balaban J connectivity index is 2.02. The maximum absolute atomic E-state index is 13.1. The van der Waals surface area contributed by atoms with Crippen molar-refractivity contribution in [2.24, 2.45) is 0 Å². The van der Waals surface area contributed by atoms with E-state index in [0.717, 1.165) is 10.2 Å². The van der Waals surface area contributed by atoms with Gasteiger partial charge in [-0.1, -0.05) is 30.3 Å². The standard InChI is InChI=1S/C22H18N6O2/c1-30-15-9-7-13(8-10-15)16-11-18-17(12-23)20(25)28(27(18)21(26)19(16)24)22(29)14-5-3-2-4-6-14/h2-11,25H,24,26H2,1H3. The number of nitrogens with one attached hydrogen (secondary N) is 1. The highest BCUT2D eigenvalue weighted by Crippen LogP contribution is 2.33. The van der Waals surface area contributed by atoms with E-state index in [2.05, 4.69) is 0 Å². The van der Waals surface area contributed by atoms with Gasteiger partial charge in [0.1, 0.15) is 23.2 Å². The van der Waals surface area contributed by atoms with Crippen molar-refractivity contribution in [3.63, 3.8) is 0 Å². The van der Waals surface area contributed by atoms with Crippen molar-refractivity contribution in [1.82, 2.24) is 9.20 Å². The Labute approximate surface area is 171 Å². The lowest BCUT2D eigenvalue weighted by Gasteiger charge is -2.14. The van der Waals surface area contributed by atoms with Crippen molar-refractivity contribution in [3.8, 4) is 22.9 Å². The van der Waals surface area contributed by atoms with Crippen LogP contribution in [0.2, 0.25) is 0 Å². The summed E-state index contributed by atoms with van der Waals surface area (Å²) < 4.78 is 7.56. The number of aromatic nitrogens is 2. The molecule has 0 saturated carbocycles. The predicted molar refractivity (Wildman–Crippen MR) is 113 cm³/mol. The van der Waals surface area contributed by atoms with Crippen LogP contribution in [0.25, 0.3) is 16.6 Å². The van der Waals surface area contributed by atoms with Crippen molar-refractivity contribution in [2.45, 2.75) is 0 Å². The number of fused-ring (bicyclic) bond motifs is 1. The third kappa shape index (κ3) is 2.77. The Kier molecular flexibility index (Phi) is 4.49. The molecule has 0 aliphatic heterocycles. The zero-order valence-corrected chi connectivity index (χ0v) is 16.1. The van der Waals surface area contributed by atoms with Crippen molar-refractivity contribution in [3.05, 3.63) is 77.3 Å². The summed E-state index contributed by atoms with van der Waals surface area (Å²) in [5.74, 6) is 0.268. The molecule has 148 valence electrons. The van der Waals surface area contributed by atoms with Crippen LogP contribution in [-0.2, 0) is 0 Å². The van der Waals surface area contributed by atoms with Crippen LogP contribution in [0.5, 0.6) is 5.75 Å². The first-order valence-electron chi connectivity index (χ1n) is 9.02. The van der Waals surface area contributed by atoms with Gasteiger partial charge in [0.15, 0.2) is 5.49 Å². The Hall–Kier alpha value is -4.51. The normalized spacial score (nSPS) is 10.7. The SMILES string of the molecule is COc1ccc(-c2cc3c(C#N)c(=N)n(C(=O)c4ccccc4)n3c(N)c2N)cc1. The Morgan fingerprint density at radius 1 is 1.10 bits per heavy atom. The van der Waals surface area contributed by atoms with Gasteiger partial charge in [-0.25, -0.2) is 4.52 Å². The van der Waals surface area contributed by atoms with Crippen LogP contribution < -0.4 is 21.7 Å². The van der Waals surface area contributed by atoms with Gasteiger partial charge in [0.25, 0.3) is 5.91 Å². The van der Waals surface area contributed by atoms with Crippen molar-refractivity contribution in [2.75, 3.05) is 18.6 Å². The minimum Gasteiger partial charge on any atom is -0.497 e. The molecule has 4 rings (SSSR count). The third-order valence-electron chi connectivity index (χ3n) is 4.93. The number of pyridine rings is 1. The zero-order chi connectivity index (χ0) is 21.4. The fourth-order valence-electron chi connectivity index (χ4n) is 3.39. The summed E-state index contributed by atoms with van der Waals surface area (Å²) in [5.41, 5.74) is 14.7. The molecule has 2 heterocycles. The topological polar surface area (TPSA) is 135 Å². The molecule has 5 N–H and O–H groups in total. The van der Waals surface area contributed by atoms with Gasteiger partial charge in [0, 0.05) is 11.1 Å². The van der Waals surface area contributed by atoms with E-state index in [0.29, 0.717) is 22.4 Å². The molecule has 0 fully saturated rings. The molecule has 2 aromatic carbocycles. The van der Waals surface area contributed by atoms with Gasteiger partial charge in [-0.3, -0.25) is 10.2 Å². The van der Waals surface area contributed by atoms with Gasteiger partial charge in [-0.05, 0) is 35.9 Å². The number of hydrogen-bond donors (Lipinski definition) is 3. The average Bonchev–Trinajstić information content (AvgIpc) is 3.07. The second-order valence-electron chi connectivity index (χ2n) is 6.60. The number of rotatable bonds is 3. The molecule has 4 aromatic rings.